The zero-order valence-electron chi connectivity index (χ0n) is 11.1. The molecule has 0 saturated heterocycles. The highest BCUT2D eigenvalue weighted by Gasteiger charge is 2.29. The third kappa shape index (κ3) is 2.37. The van der Waals surface area contributed by atoms with Gasteiger partial charge in [0.1, 0.15) is 5.75 Å². The van der Waals surface area contributed by atoms with Crippen LogP contribution < -0.4 is 10.4 Å². The van der Waals surface area contributed by atoms with E-state index in [-0.39, 0.29) is 28.6 Å². The van der Waals surface area contributed by atoms with Gasteiger partial charge in [-0.05, 0) is 18.9 Å². The summed E-state index contributed by atoms with van der Waals surface area (Å²) in [4.78, 5) is 26.3. The lowest BCUT2D eigenvalue weighted by Gasteiger charge is -2.08. The third-order valence-electron chi connectivity index (χ3n) is 3.34. The van der Waals surface area contributed by atoms with Crippen molar-refractivity contribution in [2.24, 2.45) is 0 Å². The number of carbonyl (C=O) groups excluding carboxylic acids is 1. The van der Waals surface area contributed by atoms with Gasteiger partial charge in [-0.25, -0.2) is 9.59 Å². The highest BCUT2D eigenvalue weighted by Crippen LogP contribution is 2.37. The number of nitrogens with zero attached hydrogens (tertiary/aromatic N) is 1. The molecule has 0 unspecified atom stereocenters. The molecule has 1 saturated carbocycles. The SMILES string of the molecule is COC(=O)c1cc(OC(F)F)cc2c1[nH]c(=O)n2C1CC1. The number of aromatic nitrogens is 2. The van der Waals surface area contributed by atoms with E-state index in [1.807, 2.05) is 0 Å². The minimum Gasteiger partial charge on any atom is -0.465 e. The highest BCUT2D eigenvalue weighted by molar-refractivity contribution is 6.02. The van der Waals surface area contributed by atoms with E-state index in [0.29, 0.717) is 5.52 Å². The van der Waals surface area contributed by atoms with Crippen molar-refractivity contribution in [3.63, 3.8) is 0 Å². The number of halogens is 2. The molecule has 21 heavy (non-hydrogen) atoms. The number of fused-ring (bicyclic) bond motifs is 1. The van der Waals surface area contributed by atoms with Crippen LogP contribution in [0, 0.1) is 0 Å². The number of nitrogens with one attached hydrogen (secondary N) is 1. The predicted molar refractivity (Wildman–Crippen MR) is 68.8 cm³/mol. The molecule has 0 aliphatic heterocycles. The molecular formula is C13H12F2N2O4. The number of methoxy groups -OCH3 is 1. The molecule has 112 valence electrons. The first-order valence-electron chi connectivity index (χ1n) is 6.32. The van der Waals surface area contributed by atoms with Crippen LogP contribution in [0.3, 0.4) is 0 Å². The van der Waals surface area contributed by atoms with Crippen LogP contribution in [0.4, 0.5) is 8.78 Å². The maximum Gasteiger partial charge on any atom is 0.387 e. The molecule has 0 atom stereocenters. The lowest BCUT2D eigenvalue weighted by molar-refractivity contribution is -0.0498. The van der Waals surface area contributed by atoms with E-state index in [0.717, 1.165) is 18.9 Å². The molecular weight excluding hydrogens is 286 g/mol. The second-order valence-corrected chi connectivity index (χ2v) is 4.77. The molecule has 0 radical (unpaired) electrons. The van der Waals surface area contributed by atoms with Crippen molar-refractivity contribution < 1.29 is 23.0 Å². The van der Waals surface area contributed by atoms with E-state index in [9.17, 15) is 18.4 Å². The largest absolute Gasteiger partial charge is 0.465 e. The number of rotatable bonds is 4. The number of esters is 1. The summed E-state index contributed by atoms with van der Waals surface area (Å²) in [6.45, 7) is -3.02. The van der Waals surface area contributed by atoms with Gasteiger partial charge in [-0.1, -0.05) is 0 Å². The van der Waals surface area contributed by atoms with Crippen LogP contribution in [0.25, 0.3) is 11.0 Å². The number of H-pyrrole nitrogens is 1. The molecule has 0 spiro atoms. The van der Waals surface area contributed by atoms with Gasteiger partial charge in [-0.3, -0.25) is 4.57 Å². The molecule has 1 fully saturated rings. The van der Waals surface area contributed by atoms with Crippen LogP contribution in [0.1, 0.15) is 29.2 Å². The Bertz CT molecular complexity index is 761. The Kier molecular flexibility index (Phi) is 3.15. The Hall–Kier alpha value is -2.38. The lowest BCUT2D eigenvalue weighted by Crippen LogP contribution is -2.15. The minimum atomic E-state index is -3.02. The van der Waals surface area contributed by atoms with Crippen molar-refractivity contribution in [2.75, 3.05) is 7.11 Å². The first-order chi connectivity index (χ1) is 10.0. The molecule has 0 bridgehead atoms. The van der Waals surface area contributed by atoms with E-state index < -0.39 is 12.6 Å². The zero-order valence-corrected chi connectivity index (χ0v) is 11.1. The van der Waals surface area contributed by atoms with Crippen molar-refractivity contribution in [2.45, 2.75) is 25.5 Å². The molecule has 1 aliphatic rings. The molecule has 1 aromatic carbocycles. The van der Waals surface area contributed by atoms with Crippen LogP contribution in [-0.4, -0.2) is 29.2 Å². The van der Waals surface area contributed by atoms with E-state index in [1.165, 1.54) is 17.7 Å². The number of benzene rings is 1. The van der Waals surface area contributed by atoms with Crippen LogP contribution >= 0.6 is 0 Å². The normalized spacial score (nSPS) is 14.7. The first-order valence-corrected chi connectivity index (χ1v) is 6.32. The molecule has 3 rings (SSSR count). The van der Waals surface area contributed by atoms with E-state index in [1.54, 1.807) is 0 Å². The van der Waals surface area contributed by atoms with Crippen LogP contribution in [0.5, 0.6) is 5.75 Å². The van der Waals surface area contributed by atoms with Gasteiger partial charge in [-0.15, -0.1) is 0 Å². The third-order valence-corrected chi connectivity index (χ3v) is 3.34. The first kappa shape index (κ1) is 13.6. The van der Waals surface area contributed by atoms with Crippen molar-refractivity contribution >= 4 is 17.0 Å². The molecule has 2 aromatic rings. The summed E-state index contributed by atoms with van der Waals surface area (Å²) in [5.74, 6) is -0.921. The Morgan fingerprint density at radius 1 is 1.43 bits per heavy atom. The zero-order chi connectivity index (χ0) is 15.1. The Labute approximate surface area is 117 Å². The smallest absolute Gasteiger partial charge is 0.387 e. The number of ether oxygens (including phenoxy) is 2. The van der Waals surface area contributed by atoms with E-state index in [2.05, 4.69) is 14.5 Å². The van der Waals surface area contributed by atoms with Gasteiger partial charge >= 0.3 is 18.3 Å². The summed E-state index contributed by atoms with van der Waals surface area (Å²) in [7, 11) is 1.17. The molecule has 1 heterocycles. The molecule has 1 aromatic heterocycles. The van der Waals surface area contributed by atoms with Crippen molar-refractivity contribution in [3.8, 4) is 5.75 Å². The fourth-order valence-corrected chi connectivity index (χ4v) is 2.34. The van der Waals surface area contributed by atoms with E-state index >= 15 is 0 Å². The molecule has 1 N–H and O–H groups in total. The van der Waals surface area contributed by atoms with Gasteiger partial charge in [0.25, 0.3) is 0 Å². The summed E-state index contributed by atoms with van der Waals surface area (Å²) in [5, 5.41) is 0. The van der Waals surface area contributed by atoms with Gasteiger partial charge in [0.05, 0.1) is 23.7 Å². The quantitative estimate of drug-likeness (QED) is 0.877. The topological polar surface area (TPSA) is 73.3 Å². The van der Waals surface area contributed by atoms with Crippen molar-refractivity contribution in [1.29, 1.82) is 0 Å². The summed E-state index contributed by atoms with van der Waals surface area (Å²) < 4.78 is 35.2. The van der Waals surface area contributed by atoms with Crippen molar-refractivity contribution in [1.82, 2.24) is 9.55 Å². The number of alkyl halides is 2. The predicted octanol–water partition coefficient (Wildman–Crippen LogP) is 2.05. The number of aromatic amines is 1. The Balaban J connectivity index is 2.25. The minimum absolute atomic E-state index is 0.0119. The van der Waals surface area contributed by atoms with Crippen LogP contribution in [-0.2, 0) is 4.74 Å². The average Bonchev–Trinajstić information content (AvgIpc) is 3.19. The van der Waals surface area contributed by atoms with Crippen LogP contribution in [0.15, 0.2) is 16.9 Å². The second kappa shape index (κ2) is 4.87. The van der Waals surface area contributed by atoms with Gasteiger partial charge in [0.15, 0.2) is 0 Å². The van der Waals surface area contributed by atoms with Gasteiger partial charge in [0.2, 0.25) is 0 Å². The number of imidazole rings is 1. The molecule has 1 aliphatic carbocycles. The summed E-state index contributed by atoms with van der Waals surface area (Å²) in [5.41, 5.74) is 0.232. The maximum atomic E-state index is 12.4. The van der Waals surface area contributed by atoms with Crippen LogP contribution in [0.2, 0.25) is 0 Å². The fraction of sp³-hybridized carbons (Fsp3) is 0.385. The van der Waals surface area contributed by atoms with Gasteiger partial charge in [-0.2, -0.15) is 8.78 Å². The molecule has 8 heteroatoms. The number of hydrogen-bond acceptors (Lipinski definition) is 4. The maximum absolute atomic E-state index is 12.4. The van der Waals surface area contributed by atoms with E-state index in [4.69, 9.17) is 0 Å². The van der Waals surface area contributed by atoms with Crippen molar-refractivity contribution in [3.05, 3.63) is 28.2 Å². The summed E-state index contributed by atoms with van der Waals surface area (Å²) in [6, 6.07) is 2.48. The number of hydrogen-bond donors (Lipinski definition) is 1. The summed E-state index contributed by atoms with van der Waals surface area (Å²) in [6.07, 6.45) is 1.67. The van der Waals surface area contributed by atoms with Gasteiger partial charge in [0, 0.05) is 12.1 Å². The fourth-order valence-electron chi connectivity index (χ4n) is 2.34. The molecule has 0 amide bonds. The average molecular weight is 298 g/mol. The highest BCUT2D eigenvalue weighted by atomic mass is 19.3. The molecule has 6 nitrogen and oxygen atoms in total. The monoisotopic (exact) mass is 298 g/mol. The second-order valence-electron chi connectivity index (χ2n) is 4.77. The Morgan fingerprint density at radius 2 is 2.14 bits per heavy atom. The standard InChI is InChI=1S/C13H12F2N2O4/c1-20-11(18)8-4-7(21-12(14)15)5-9-10(8)16-13(19)17(9)6-2-3-6/h4-6,12H,2-3H2,1H3,(H,16,19). The Morgan fingerprint density at radius 3 is 2.71 bits per heavy atom. The summed E-state index contributed by atoms with van der Waals surface area (Å²) >= 11 is 0. The number of carbonyl (C=O) groups is 1. The van der Waals surface area contributed by atoms with Gasteiger partial charge < -0.3 is 14.5 Å². The lowest BCUT2D eigenvalue weighted by atomic mass is 10.1.